The van der Waals surface area contributed by atoms with Crippen molar-refractivity contribution < 1.29 is 0 Å². The largest absolute Gasteiger partial charge is 0.296 e. The second-order valence-corrected chi connectivity index (χ2v) is 3.06. The highest BCUT2D eigenvalue weighted by Crippen LogP contribution is 2.08. The van der Waals surface area contributed by atoms with Gasteiger partial charge >= 0.3 is 0 Å². The van der Waals surface area contributed by atoms with Crippen LogP contribution in [0.25, 0.3) is 0 Å². The van der Waals surface area contributed by atoms with Crippen LogP contribution in [0, 0.1) is 11.3 Å². The molecule has 0 spiro atoms. The molecule has 0 saturated heterocycles. The van der Waals surface area contributed by atoms with Gasteiger partial charge in [0.25, 0.3) is 0 Å². The summed E-state index contributed by atoms with van der Waals surface area (Å²) in [6.07, 6.45) is 4.75. The quantitative estimate of drug-likeness (QED) is 0.747. The maximum atomic E-state index is 8.86. The molecule has 0 radical (unpaired) electrons. The van der Waals surface area contributed by atoms with Crippen LogP contribution in [0.1, 0.15) is 25.5 Å². The molecule has 1 atom stereocenters. The molecule has 0 saturated carbocycles. The predicted molar refractivity (Wildman–Crippen MR) is 48.7 cm³/mol. The number of hydrogen-bond donors (Lipinski definition) is 1. The zero-order valence-corrected chi connectivity index (χ0v) is 7.73. The van der Waals surface area contributed by atoms with E-state index < -0.39 is 0 Å². The Morgan fingerprint density at radius 3 is 2.46 bits per heavy atom. The van der Waals surface area contributed by atoms with Gasteiger partial charge in [0.1, 0.15) is 12.4 Å². The van der Waals surface area contributed by atoms with Crippen LogP contribution in [0.4, 0.5) is 0 Å². The van der Waals surface area contributed by atoms with Crippen molar-refractivity contribution in [2.75, 3.05) is 0 Å². The third kappa shape index (κ3) is 2.80. The van der Waals surface area contributed by atoms with E-state index in [4.69, 9.17) is 5.26 Å². The molecule has 4 heteroatoms. The van der Waals surface area contributed by atoms with Gasteiger partial charge in [0.05, 0.1) is 6.07 Å². The number of rotatable bonds is 3. The van der Waals surface area contributed by atoms with Crippen molar-refractivity contribution in [3.63, 3.8) is 0 Å². The van der Waals surface area contributed by atoms with Crippen LogP contribution in [0.2, 0.25) is 0 Å². The van der Waals surface area contributed by atoms with Crippen LogP contribution in [0.15, 0.2) is 18.7 Å². The van der Waals surface area contributed by atoms with Gasteiger partial charge in [-0.25, -0.2) is 9.97 Å². The fraction of sp³-hybridized carbons (Fsp3) is 0.444. The van der Waals surface area contributed by atoms with Gasteiger partial charge in [0, 0.05) is 24.0 Å². The Morgan fingerprint density at radius 2 is 2.00 bits per heavy atom. The summed E-state index contributed by atoms with van der Waals surface area (Å²) in [5.74, 6) is 0. The van der Waals surface area contributed by atoms with Gasteiger partial charge in [-0.3, -0.25) is 5.32 Å². The molecule has 1 aromatic rings. The van der Waals surface area contributed by atoms with Crippen molar-refractivity contribution in [1.82, 2.24) is 15.3 Å². The van der Waals surface area contributed by atoms with Crippen molar-refractivity contribution in [1.29, 1.82) is 5.26 Å². The van der Waals surface area contributed by atoms with Gasteiger partial charge in [0.15, 0.2) is 0 Å². The van der Waals surface area contributed by atoms with E-state index in [2.05, 4.69) is 21.4 Å². The van der Waals surface area contributed by atoms with E-state index in [1.54, 1.807) is 12.4 Å². The summed E-state index contributed by atoms with van der Waals surface area (Å²) in [5.41, 5.74) is 0.804. The minimum absolute atomic E-state index is 0.268. The van der Waals surface area contributed by atoms with Gasteiger partial charge in [-0.15, -0.1) is 0 Å². The molecule has 13 heavy (non-hydrogen) atoms. The van der Waals surface area contributed by atoms with Crippen LogP contribution in [-0.2, 0) is 0 Å². The highest BCUT2D eigenvalue weighted by Gasteiger charge is 2.10. The lowest BCUT2D eigenvalue weighted by Gasteiger charge is -2.13. The maximum Gasteiger partial charge on any atom is 0.124 e. The van der Waals surface area contributed by atoms with Crippen molar-refractivity contribution >= 4 is 0 Å². The van der Waals surface area contributed by atoms with E-state index in [1.165, 1.54) is 6.33 Å². The Bertz CT molecular complexity index is 288. The number of nitriles is 1. The molecule has 68 valence electrons. The summed E-state index contributed by atoms with van der Waals surface area (Å²) < 4.78 is 0. The number of hydrogen-bond acceptors (Lipinski definition) is 4. The molecule has 0 amide bonds. The molecule has 1 unspecified atom stereocenters. The van der Waals surface area contributed by atoms with E-state index in [0.717, 1.165) is 5.56 Å². The first-order valence-electron chi connectivity index (χ1n) is 4.14. The maximum absolute atomic E-state index is 8.86. The summed E-state index contributed by atoms with van der Waals surface area (Å²) in [5, 5.41) is 12.0. The van der Waals surface area contributed by atoms with Crippen LogP contribution in [0.3, 0.4) is 0 Å². The van der Waals surface area contributed by atoms with Crippen LogP contribution in [-0.4, -0.2) is 16.0 Å². The zero-order valence-electron chi connectivity index (χ0n) is 7.73. The zero-order chi connectivity index (χ0) is 9.68. The van der Waals surface area contributed by atoms with Gasteiger partial charge in [-0.2, -0.15) is 5.26 Å². The summed E-state index contributed by atoms with van der Waals surface area (Å²) in [6, 6.07) is 2.11. The van der Waals surface area contributed by atoms with E-state index in [-0.39, 0.29) is 12.1 Å². The van der Waals surface area contributed by atoms with E-state index in [1.807, 2.05) is 13.8 Å². The summed E-state index contributed by atoms with van der Waals surface area (Å²) in [6.45, 7) is 3.99. The topological polar surface area (TPSA) is 61.6 Å². The van der Waals surface area contributed by atoms with E-state index >= 15 is 0 Å². The first kappa shape index (κ1) is 9.62. The molecule has 0 fully saturated rings. The molecule has 1 aromatic heterocycles. The molecule has 0 aromatic carbocycles. The lowest BCUT2D eigenvalue weighted by molar-refractivity contribution is 0.544. The molecule has 0 bridgehead atoms. The Hall–Kier alpha value is -1.47. The second kappa shape index (κ2) is 4.53. The monoisotopic (exact) mass is 176 g/mol. The van der Waals surface area contributed by atoms with E-state index in [9.17, 15) is 0 Å². The standard InChI is InChI=1S/C9H12N4/c1-7(2)13-9(3-10)8-4-11-6-12-5-8/h4-7,9,13H,1-2H3. The predicted octanol–water partition coefficient (Wildman–Crippen LogP) is 1.04. The third-order valence-corrected chi connectivity index (χ3v) is 1.54. The number of aromatic nitrogens is 2. The lowest BCUT2D eigenvalue weighted by Crippen LogP contribution is -2.27. The molecule has 1 rings (SSSR count). The minimum atomic E-state index is -0.318. The average Bonchev–Trinajstić information content (AvgIpc) is 2.15. The van der Waals surface area contributed by atoms with Crippen LogP contribution in [0.5, 0.6) is 0 Å². The van der Waals surface area contributed by atoms with Gasteiger partial charge in [-0.05, 0) is 13.8 Å². The first-order chi connectivity index (χ1) is 6.24. The van der Waals surface area contributed by atoms with Crippen molar-refractivity contribution in [2.45, 2.75) is 25.9 Å². The number of nitrogens with zero attached hydrogens (tertiary/aromatic N) is 3. The van der Waals surface area contributed by atoms with Crippen molar-refractivity contribution in [3.8, 4) is 6.07 Å². The van der Waals surface area contributed by atoms with Gasteiger partial charge in [0.2, 0.25) is 0 Å². The molecule has 0 aliphatic heterocycles. The minimum Gasteiger partial charge on any atom is -0.296 e. The second-order valence-electron chi connectivity index (χ2n) is 3.06. The third-order valence-electron chi connectivity index (χ3n) is 1.54. The Balaban J connectivity index is 2.75. The van der Waals surface area contributed by atoms with Gasteiger partial charge in [-0.1, -0.05) is 0 Å². The molecule has 0 aliphatic rings. The fourth-order valence-corrected chi connectivity index (χ4v) is 1.00. The molecular weight excluding hydrogens is 164 g/mol. The average molecular weight is 176 g/mol. The molecule has 4 nitrogen and oxygen atoms in total. The van der Waals surface area contributed by atoms with Crippen LogP contribution >= 0.6 is 0 Å². The number of nitrogens with one attached hydrogen (secondary N) is 1. The summed E-state index contributed by atoms with van der Waals surface area (Å²) in [7, 11) is 0. The van der Waals surface area contributed by atoms with Crippen molar-refractivity contribution in [3.05, 3.63) is 24.3 Å². The van der Waals surface area contributed by atoms with Crippen molar-refractivity contribution in [2.24, 2.45) is 0 Å². The summed E-state index contributed by atoms with van der Waals surface area (Å²) >= 11 is 0. The van der Waals surface area contributed by atoms with E-state index in [0.29, 0.717) is 0 Å². The molecule has 0 aliphatic carbocycles. The smallest absolute Gasteiger partial charge is 0.124 e. The first-order valence-corrected chi connectivity index (χ1v) is 4.14. The Kier molecular flexibility index (Phi) is 3.35. The highest BCUT2D eigenvalue weighted by molar-refractivity contribution is 5.16. The Labute approximate surface area is 77.6 Å². The highest BCUT2D eigenvalue weighted by atomic mass is 14.9. The Morgan fingerprint density at radius 1 is 1.38 bits per heavy atom. The molecular formula is C9H12N4. The fourth-order valence-electron chi connectivity index (χ4n) is 1.00. The SMILES string of the molecule is CC(C)NC(C#N)c1cncnc1. The normalized spacial score (nSPS) is 12.5. The van der Waals surface area contributed by atoms with Gasteiger partial charge < -0.3 is 0 Å². The lowest BCUT2D eigenvalue weighted by atomic mass is 10.1. The molecule has 1 heterocycles. The molecule has 1 N–H and O–H groups in total. The van der Waals surface area contributed by atoms with Crippen LogP contribution < -0.4 is 5.32 Å². The summed E-state index contributed by atoms with van der Waals surface area (Å²) in [4.78, 5) is 7.72.